The van der Waals surface area contributed by atoms with E-state index in [1.165, 1.54) is 19.1 Å². The van der Waals surface area contributed by atoms with Crippen molar-refractivity contribution >= 4 is 23.9 Å². The van der Waals surface area contributed by atoms with Gasteiger partial charge in [-0.3, -0.25) is 9.59 Å². The lowest BCUT2D eigenvalue weighted by Gasteiger charge is -2.25. The summed E-state index contributed by atoms with van der Waals surface area (Å²) < 4.78 is 96.6. The minimum absolute atomic E-state index is 0.218. The van der Waals surface area contributed by atoms with Gasteiger partial charge in [-0.15, -0.1) is 0 Å². The second-order valence-electron chi connectivity index (χ2n) is 7.55. The van der Waals surface area contributed by atoms with Gasteiger partial charge in [-0.05, 0) is 24.4 Å². The predicted molar refractivity (Wildman–Crippen MR) is 129 cm³/mol. The van der Waals surface area contributed by atoms with Gasteiger partial charge in [0.1, 0.15) is 18.8 Å². The molecule has 3 rings (SSSR count). The second kappa shape index (κ2) is 12.7. The second-order valence-corrected chi connectivity index (χ2v) is 7.55. The fourth-order valence-electron chi connectivity index (χ4n) is 3.47. The number of ether oxygens (including phenoxy) is 2. The van der Waals surface area contributed by atoms with Gasteiger partial charge < -0.3 is 14.8 Å². The number of imide groups is 1. The molecule has 35 heavy (non-hydrogen) atoms. The highest BCUT2D eigenvalue weighted by molar-refractivity contribution is 6.02. The first-order valence-corrected chi connectivity index (χ1v) is 10.7. The van der Waals surface area contributed by atoms with Crippen LogP contribution in [0.2, 0.25) is 0 Å². The Morgan fingerprint density at radius 1 is 1.09 bits per heavy atom. The van der Waals surface area contributed by atoms with E-state index in [2.05, 4.69) is 0 Å². The van der Waals surface area contributed by atoms with Crippen molar-refractivity contribution in [3.63, 3.8) is 0 Å². The molecule has 0 unspecified atom stereocenters. The van der Waals surface area contributed by atoms with Gasteiger partial charge in [0.2, 0.25) is 5.91 Å². The number of benzene rings is 2. The van der Waals surface area contributed by atoms with Crippen LogP contribution in [0.15, 0.2) is 60.7 Å². The molecule has 8 nitrogen and oxygen atoms in total. The molecule has 0 spiro atoms. The third-order valence-corrected chi connectivity index (χ3v) is 5.10. The van der Waals surface area contributed by atoms with E-state index in [4.69, 9.17) is 24.6 Å². The summed E-state index contributed by atoms with van der Waals surface area (Å²) in [4.78, 5) is 53.5. The van der Waals surface area contributed by atoms with Crippen molar-refractivity contribution in [1.29, 1.82) is 0 Å². The molecule has 0 bridgehead atoms. The predicted octanol–water partition coefficient (Wildman–Crippen LogP) is 3.77. The van der Waals surface area contributed by atoms with E-state index in [0.29, 0.717) is 16.0 Å². The SMILES string of the molecule is [2H]C([2H])([2H])C([2H])([2H])C([2H])([2H])C([2H])([2H])C([2H])([2H])C(=O)N[C@@H](Cc1ccccc1)C(=O)N1C(=O)O[C@@H](C)[C@@H]1C(=O)OCc1ccccc1. The van der Waals surface area contributed by atoms with E-state index >= 15 is 0 Å². The van der Waals surface area contributed by atoms with Crippen LogP contribution in [0.3, 0.4) is 0 Å². The van der Waals surface area contributed by atoms with E-state index in [9.17, 15) is 19.2 Å². The van der Waals surface area contributed by atoms with Gasteiger partial charge >= 0.3 is 12.1 Å². The van der Waals surface area contributed by atoms with Crippen molar-refractivity contribution in [2.75, 3.05) is 0 Å². The Labute approximate surface area is 221 Å². The first-order valence-electron chi connectivity index (χ1n) is 16.2. The Morgan fingerprint density at radius 3 is 2.40 bits per heavy atom. The van der Waals surface area contributed by atoms with Crippen LogP contribution in [0.1, 0.15) is 65.5 Å². The molecule has 1 N–H and O–H groups in total. The maximum Gasteiger partial charge on any atom is 0.417 e. The van der Waals surface area contributed by atoms with Crippen molar-refractivity contribution in [2.45, 2.75) is 70.5 Å². The number of cyclic esters (lactones) is 1. The fraction of sp³-hybridized carbons (Fsp3) is 0.407. The summed E-state index contributed by atoms with van der Waals surface area (Å²) in [5, 5.41) is 1.97. The van der Waals surface area contributed by atoms with Crippen LogP contribution in [0.5, 0.6) is 0 Å². The van der Waals surface area contributed by atoms with Crippen molar-refractivity contribution in [1.82, 2.24) is 10.2 Å². The van der Waals surface area contributed by atoms with Crippen molar-refractivity contribution in [3.8, 4) is 0 Å². The van der Waals surface area contributed by atoms with Gasteiger partial charge in [-0.25, -0.2) is 14.5 Å². The van der Waals surface area contributed by atoms with Crippen LogP contribution < -0.4 is 5.32 Å². The Bertz CT molecular complexity index is 1440. The third-order valence-electron chi connectivity index (χ3n) is 5.10. The maximum absolute atomic E-state index is 13.9. The van der Waals surface area contributed by atoms with Gasteiger partial charge in [0, 0.05) is 27.9 Å². The largest absolute Gasteiger partial charge is 0.459 e. The summed E-state index contributed by atoms with van der Waals surface area (Å²) >= 11 is 0. The molecule has 0 radical (unpaired) electrons. The van der Waals surface area contributed by atoms with Crippen LogP contribution in [0, 0.1) is 0 Å². The number of nitrogens with zero attached hydrogens (tertiary/aromatic N) is 1. The average molecular weight is 492 g/mol. The molecule has 3 atom stereocenters. The molecular weight excluding hydrogens is 448 g/mol. The summed E-state index contributed by atoms with van der Waals surface area (Å²) in [5.74, 6) is -4.27. The summed E-state index contributed by atoms with van der Waals surface area (Å²) in [6.45, 7) is -2.66. The third kappa shape index (κ3) is 7.15. The minimum atomic E-state index is -4.13. The van der Waals surface area contributed by atoms with Crippen LogP contribution in [0.25, 0.3) is 0 Å². The number of amides is 3. The smallest absolute Gasteiger partial charge is 0.417 e. The minimum Gasteiger partial charge on any atom is -0.459 e. The highest BCUT2D eigenvalue weighted by atomic mass is 16.6. The van der Waals surface area contributed by atoms with Gasteiger partial charge in [-0.1, -0.05) is 80.3 Å². The van der Waals surface area contributed by atoms with E-state index in [-0.39, 0.29) is 6.61 Å². The quantitative estimate of drug-likeness (QED) is 0.480. The number of carbonyl (C=O) groups is 4. The lowest BCUT2D eigenvalue weighted by atomic mass is 10.0. The number of carbonyl (C=O) groups excluding carboxylic acids is 4. The molecule has 186 valence electrons. The summed E-state index contributed by atoms with van der Waals surface area (Å²) in [7, 11) is 0. The zero-order valence-electron chi connectivity index (χ0n) is 29.8. The normalized spacial score (nSPS) is 24.7. The molecule has 0 aromatic heterocycles. The molecule has 1 saturated heterocycles. The van der Waals surface area contributed by atoms with Crippen molar-refractivity contribution < 1.29 is 43.7 Å². The Hall–Kier alpha value is -3.68. The lowest BCUT2D eigenvalue weighted by molar-refractivity contribution is -0.154. The molecule has 2 aromatic rings. The monoisotopic (exact) mass is 491 g/mol. The van der Waals surface area contributed by atoms with Crippen molar-refractivity contribution in [2.24, 2.45) is 0 Å². The fourth-order valence-corrected chi connectivity index (χ4v) is 3.47. The number of hydrogen-bond donors (Lipinski definition) is 1. The van der Waals surface area contributed by atoms with Crippen LogP contribution >= 0.6 is 0 Å². The highest BCUT2D eigenvalue weighted by Gasteiger charge is 2.50. The molecule has 1 heterocycles. The van der Waals surface area contributed by atoms with Gasteiger partial charge in [0.25, 0.3) is 5.91 Å². The Balaban J connectivity index is 1.96. The van der Waals surface area contributed by atoms with Crippen LogP contribution in [0.4, 0.5) is 4.79 Å². The topological polar surface area (TPSA) is 102 Å². The molecular formula is C27H32N2O6. The van der Waals surface area contributed by atoms with Gasteiger partial charge in [0.15, 0.2) is 6.04 Å². The number of rotatable bonds is 11. The molecule has 8 heteroatoms. The summed E-state index contributed by atoms with van der Waals surface area (Å²) in [6.07, 6.45) is -19.1. The maximum atomic E-state index is 13.9. The molecule has 1 aliphatic heterocycles. The van der Waals surface area contributed by atoms with Crippen LogP contribution in [-0.4, -0.2) is 47.0 Å². The standard InChI is InChI=1S/C27H32N2O6/c1-3-4-7-16-23(30)28-22(17-20-12-8-5-9-13-20)25(31)29-24(19(2)35-27(29)33)26(32)34-18-21-14-10-6-11-15-21/h5-6,8-15,19,22,24H,3-4,7,16-18H2,1-2H3,(H,28,30)/t19-,22-,24+/m0/s1/i1D3,3D2,4D2,7D2,16D2. The average Bonchev–Trinajstić information content (AvgIpc) is 3.28. The summed E-state index contributed by atoms with van der Waals surface area (Å²) in [5.41, 5.74) is 0.961. The van der Waals surface area contributed by atoms with Crippen molar-refractivity contribution in [3.05, 3.63) is 71.8 Å². The molecule has 0 saturated carbocycles. The number of esters is 1. The van der Waals surface area contributed by atoms with E-state index in [0.717, 1.165) is 0 Å². The Kier molecular flexibility index (Phi) is 5.31. The molecule has 0 aliphatic carbocycles. The van der Waals surface area contributed by atoms with Gasteiger partial charge in [-0.2, -0.15) is 0 Å². The number of nitrogens with one attached hydrogen (secondary N) is 1. The zero-order chi connectivity index (χ0) is 34.9. The Morgan fingerprint density at radius 2 is 1.74 bits per heavy atom. The van der Waals surface area contributed by atoms with E-state index < -0.39 is 80.8 Å². The first-order chi connectivity index (χ1) is 21.1. The van der Waals surface area contributed by atoms with E-state index in [1.807, 2.05) is 5.32 Å². The summed E-state index contributed by atoms with van der Waals surface area (Å²) in [6, 6.07) is 12.7. The zero-order valence-corrected chi connectivity index (χ0v) is 18.8. The van der Waals surface area contributed by atoms with E-state index in [1.54, 1.807) is 48.5 Å². The lowest BCUT2D eigenvalue weighted by Crippen LogP contribution is -2.55. The molecule has 1 aliphatic rings. The molecule has 3 amide bonds. The number of hydrogen-bond acceptors (Lipinski definition) is 6. The highest BCUT2D eigenvalue weighted by Crippen LogP contribution is 2.23. The first kappa shape index (κ1) is 14.7. The van der Waals surface area contributed by atoms with Crippen LogP contribution in [-0.2, 0) is 36.9 Å². The molecule has 2 aromatic carbocycles. The van der Waals surface area contributed by atoms with Gasteiger partial charge in [0.05, 0.1) is 0 Å². The molecule has 1 fully saturated rings.